The fourth-order valence-corrected chi connectivity index (χ4v) is 0.761. The lowest BCUT2D eigenvalue weighted by atomic mass is 10.1. The fourth-order valence-electron chi connectivity index (χ4n) is 0.761. The van der Waals surface area contributed by atoms with E-state index in [1.54, 1.807) is 19.1 Å². The molecule has 2 nitrogen and oxygen atoms in total. The Labute approximate surface area is 70.7 Å². The minimum Gasteiger partial charge on any atom is -0.400 e. The molecule has 0 aliphatic rings. The van der Waals surface area contributed by atoms with E-state index in [1.807, 2.05) is 0 Å². The largest absolute Gasteiger partial charge is 0.400 e. The Hall–Kier alpha value is -1.22. The molecule has 0 amide bonds. The van der Waals surface area contributed by atoms with Gasteiger partial charge in [-0.25, -0.2) is 4.39 Å². The molecule has 1 N–H and O–H groups in total. The van der Waals surface area contributed by atoms with Gasteiger partial charge >= 0.3 is 0 Å². The molecule has 0 fully saturated rings. The van der Waals surface area contributed by atoms with Crippen LogP contribution in [0.2, 0.25) is 0 Å². The maximum absolute atomic E-state index is 12.8. The first-order valence-electron chi connectivity index (χ1n) is 3.40. The van der Waals surface area contributed by atoms with Gasteiger partial charge in [-0.2, -0.15) is 0 Å². The standard InChI is InChI=1S/C8H7FO.CH4O/c1-6-3-2-4-7(5-10)8(6)9;1-2/h2-5H,1H3;2H,1H3. The van der Waals surface area contributed by atoms with Crippen LogP contribution >= 0.6 is 0 Å². The van der Waals surface area contributed by atoms with Gasteiger partial charge in [0.05, 0.1) is 5.56 Å². The molecule has 66 valence electrons. The zero-order valence-corrected chi connectivity index (χ0v) is 7.04. The molecule has 0 atom stereocenters. The Morgan fingerprint density at radius 3 is 2.42 bits per heavy atom. The summed E-state index contributed by atoms with van der Waals surface area (Å²) >= 11 is 0. The maximum atomic E-state index is 12.8. The SMILES string of the molecule is CO.Cc1cccc(C=O)c1F. The van der Waals surface area contributed by atoms with E-state index >= 15 is 0 Å². The summed E-state index contributed by atoms with van der Waals surface area (Å²) < 4.78 is 12.8. The molecule has 0 unspecified atom stereocenters. The number of halogens is 1. The highest BCUT2D eigenvalue weighted by Crippen LogP contribution is 2.08. The number of aliphatic hydroxyl groups excluding tert-OH is 1. The summed E-state index contributed by atoms with van der Waals surface area (Å²) in [7, 11) is 1.00. The van der Waals surface area contributed by atoms with Crippen molar-refractivity contribution in [2.45, 2.75) is 6.92 Å². The van der Waals surface area contributed by atoms with E-state index in [0.29, 0.717) is 11.8 Å². The number of rotatable bonds is 1. The zero-order valence-electron chi connectivity index (χ0n) is 7.04. The molecule has 0 spiro atoms. The lowest BCUT2D eigenvalue weighted by Gasteiger charge is -1.95. The molecule has 3 heteroatoms. The number of hydrogen-bond acceptors (Lipinski definition) is 2. The highest BCUT2D eigenvalue weighted by atomic mass is 19.1. The van der Waals surface area contributed by atoms with Gasteiger partial charge in [-0.3, -0.25) is 4.79 Å². The number of aliphatic hydroxyl groups is 1. The minimum atomic E-state index is -0.419. The third-order valence-corrected chi connectivity index (χ3v) is 1.35. The van der Waals surface area contributed by atoms with Crippen LogP contribution in [0.3, 0.4) is 0 Å². The average Bonchev–Trinajstić information content (AvgIpc) is 2.13. The molecule has 0 bridgehead atoms. The Morgan fingerprint density at radius 1 is 1.42 bits per heavy atom. The van der Waals surface area contributed by atoms with Crippen LogP contribution in [0.5, 0.6) is 0 Å². The number of benzene rings is 1. The van der Waals surface area contributed by atoms with Crippen molar-refractivity contribution in [2.75, 3.05) is 7.11 Å². The van der Waals surface area contributed by atoms with E-state index in [1.165, 1.54) is 6.07 Å². The quantitative estimate of drug-likeness (QED) is 0.649. The molecule has 12 heavy (non-hydrogen) atoms. The molecule has 0 radical (unpaired) electrons. The van der Waals surface area contributed by atoms with Gasteiger partial charge in [-0.1, -0.05) is 12.1 Å². The Bertz CT molecular complexity index is 259. The summed E-state index contributed by atoms with van der Waals surface area (Å²) in [4.78, 5) is 10.1. The molecule has 0 saturated heterocycles. The molecular weight excluding hydrogens is 159 g/mol. The van der Waals surface area contributed by atoms with E-state index in [-0.39, 0.29) is 5.56 Å². The number of carbonyl (C=O) groups excluding carboxylic acids is 1. The number of aryl methyl sites for hydroxylation is 1. The maximum Gasteiger partial charge on any atom is 0.153 e. The predicted molar refractivity (Wildman–Crippen MR) is 44.7 cm³/mol. The van der Waals surface area contributed by atoms with Crippen molar-refractivity contribution in [1.29, 1.82) is 0 Å². The summed E-state index contributed by atoms with van der Waals surface area (Å²) in [6, 6.07) is 4.74. The van der Waals surface area contributed by atoms with Crippen LogP contribution in [0.4, 0.5) is 4.39 Å². The summed E-state index contributed by atoms with van der Waals surface area (Å²) in [6.45, 7) is 1.63. The van der Waals surface area contributed by atoms with E-state index in [9.17, 15) is 9.18 Å². The second kappa shape index (κ2) is 5.43. The first kappa shape index (κ1) is 10.8. The minimum absolute atomic E-state index is 0.125. The smallest absolute Gasteiger partial charge is 0.153 e. The second-order valence-corrected chi connectivity index (χ2v) is 2.10. The third-order valence-electron chi connectivity index (χ3n) is 1.35. The van der Waals surface area contributed by atoms with E-state index in [0.717, 1.165) is 7.11 Å². The Morgan fingerprint density at radius 2 is 2.00 bits per heavy atom. The molecular formula is C9H11FO2. The van der Waals surface area contributed by atoms with Crippen LogP contribution in [0.1, 0.15) is 15.9 Å². The van der Waals surface area contributed by atoms with Gasteiger partial charge < -0.3 is 5.11 Å². The van der Waals surface area contributed by atoms with Gasteiger partial charge in [0.15, 0.2) is 6.29 Å². The van der Waals surface area contributed by atoms with Crippen LogP contribution in [0.15, 0.2) is 18.2 Å². The van der Waals surface area contributed by atoms with Gasteiger partial charge in [0.1, 0.15) is 5.82 Å². The first-order chi connectivity index (χ1) is 5.75. The van der Waals surface area contributed by atoms with Crippen molar-refractivity contribution in [2.24, 2.45) is 0 Å². The summed E-state index contributed by atoms with van der Waals surface area (Å²) in [5.74, 6) is -0.419. The van der Waals surface area contributed by atoms with E-state index < -0.39 is 5.82 Å². The van der Waals surface area contributed by atoms with Crippen molar-refractivity contribution in [3.8, 4) is 0 Å². The highest BCUT2D eigenvalue weighted by molar-refractivity contribution is 5.75. The average molecular weight is 170 g/mol. The molecule has 0 saturated carbocycles. The monoisotopic (exact) mass is 170 g/mol. The second-order valence-electron chi connectivity index (χ2n) is 2.10. The molecule has 0 aliphatic heterocycles. The van der Waals surface area contributed by atoms with Crippen molar-refractivity contribution in [3.05, 3.63) is 35.1 Å². The molecule has 0 heterocycles. The van der Waals surface area contributed by atoms with Crippen molar-refractivity contribution >= 4 is 6.29 Å². The fraction of sp³-hybridized carbons (Fsp3) is 0.222. The zero-order chi connectivity index (χ0) is 9.56. The molecule has 1 aromatic rings. The number of hydrogen-bond donors (Lipinski definition) is 1. The van der Waals surface area contributed by atoms with Crippen LogP contribution in [-0.2, 0) is 0 Å². The van der Waals surface area contributed by atoms with Crippen molar-refractivity contribution in [3.63, 3.8) is 0 Å². The van der Waals surface area contributed by atoms with Crippen LogP contribution in [0, 0.1) is 12.7 Å². The summed E-state index contributed by atoms with van der Waals surface area (Å²) in [5, 5.41) is 7.00. The molecule has 1 rings (SSSR count). The van der Waals surface area contributed by atoms with Crippen LogP contribution in [-0.4, -0.2) is 18.5 Å². The number of carbonyl (C=O) groups is 1. The number of aldehydes is 1. The Kier molecular flexibility index (Phi) is 4.88. The lowest BCUT2D eigenvalue weighted by Crippen LogP contribution is -1.89. The molecule has 0 aliphatic carbocycles. The van der Waals surface area contributed by atoms with Crippen LogP contribution in [0.25, 0.3) is 0 Å². The van der Waals surface area contributed by atoms with Gasteiger partial charge in [-0.15, -0.1) is 0 Å². The van der Waals surface area contributed by atoms with Crippen molar-refractivity contribution in [1.82, 2.24) is 0 Å². The van der Waals surface area contributed by atoms with Gasteiger partial charge in [-0.05, 0) is 18.6 Å². The van der Waals surface area contributed by atoms with Crippen molar-refractivity contribution < 1.29 is 14.3 Å². The summed E-state index contributed by atoms with van der Waals surface area (Å²) in [6.07, 6.45) is 0.516. The molecule has 1 aromatic carbocycles. The van der Waals surface area contributed by atoms with Crippen LogP contribution < -0.4 is 0 Å². The van der Waals surface area contributed by atoms with E-state index in [4.69, 9.17) is 5.11 Å². The van der Waals surface area contributed by atoms with E-state index in [2.05, 4.69) is 0 Å². The normalized spacial score (nSPS) is 8.33. The predicted octanol–water partition coefficient (Wildman–Crippen LogP) is 1.56. The molecule has 0 aromatic heterocycles. The van der Waals surface area contributed by atoms with Gasteiger partial charge in [0, 0.05) is 7.11 Å². The van der Waals surface area contributed by atoms with Gasteiger partial charge in [0.2, 0.25) is 0 Å². The van der Waals surface area contributed by atoms with Gasteiger partial charge in [0.25, 0.3) is 0 Å². The third kappa shape index (κ3) is 2.43. The summed E-state index contributed by atoms with van der Waals surface area (Å²) in [5.41, 5.74) is 0.629. The first-order valence-corrected chi connectivity index (χ1v) is 3.40. The lowest BCUT2D eigenvalue weighted by molar-refractivity contribution is 0.111. The topological polar surface area (TPSA) is 37.3 Å². The highest BCUT2D eigenvalue weighted by Gasteiger charge is 2.00. The Balaban J connectivity index is 0.000000561.